The van der Waals surface area contributed by atoms with Crippen LogP contribution in [0.3, 0.4) is 0 Å². The molecule has 0 aliphatic heterocycles. The summed E-state index contributed by atoms with van der Waals surface area (Å²) in [6, 6.07) is 3.17. The summed E-state index contributed by atoms with van der Waals surface area (Å²) in [5.74, 6) is -1.40. The highest BCUT2D eigenvalue weighted by molar-refractivity contribution is 5.93. The van der Waals surface area contributed by atoms with Gasteiger partial charge >= 0.3 is 12.1 Å². The maximum Gasteiger partial charge on any atom is 0.419 e. The fourth-order valence-corrected chi connectivity index (χ4v) is 1.25. The molecule has 88 valence electrons. The zero-order valence-electron chi connectivity index (χ0n) is 8.59. The normalized spacial score (nSPS) is 11.1. The lowest BCUT2D eigenvalue weighted by molar-refractivity contribution is -0.138. The van der Waals surface area contributed by atoms with E-state index in [2.05, 4.69) is 9.47 Å². The van der Waals surface area contributed by atoms with E-state index in [1.54, 1.807) is 0 Å². The quantitative estimate of drug-likeness (QED) is 0.737. The monoisotopic (exact) mass is 234 g/mol. The first-order chi connectivity index (χ1) is 7.41. The first-order valence-electron chi connectivity index (χ1n) is 4.24. The summed E-state index contributed by atoms with van der Waals surface area (Å²) < 4.78 is 46.6. The Morgan fingerprint density at radius 2 is 1.88 bits per heavy atom. The topological polar surface area (TPSA) is 35.5 Å². The Morgan fingerprint density at radius 1 is 1.25 bits per heavy atom. The van der Waals surface area contributed by atoms with Gasteiger partial charge in [-0.3, -0.25) is 0 Å². The highest BCUT2D eigenvalue weighted by Crippen LogP contribution is 2.38. The van der Waals surface area contributed by atoms with E-state index in [0.29, 0.717) is 0 Å². The summed E-state index contributed by atoms with van der Waals surface area (Å²) >= 11 is 0. The van der Waals surface area contributed by atoms with Crippen molar-refractivity contribution in [2.45, 2.75) is 6.18 Å². The van der Waals surface area contributed by atoms with Crippen molar-refractivity contribution in [1.29, 1.82) is 0 Å². The van der Waals surface area contributed by atoms with Gasteiger partial charge in [0.05, 0.1) is 19.8 Å². The molecule has 0 bridgehead atoms. The molecule has 0 aliphatic carbocycles. The molecule has 0 spiro atoms. The van der Waals surface area contributed by atoms with Crippen molar-refractivity contribution in [2.24, 2.45) is 0 Å². The van der Waals surface area contributed by atoms with Gasteiger partial charge in [0.25, 0.3) is 0 Å². The summed E-state index contributed by atoms with van der Waals surface area (Å²) in [4.78, 5) is 11.2. The van der Waals surface area contributed by atoms with Crippen molar-refractivity contribution in [1.82, 2.24) is 0 Å². The fourth-order valence-electron chi connectivity index (χ4n) is 1.25. The molecule has 0 amide bonds. The Bertz CT molecular complexity index is 399. The maximum absolute atomic E-state index is 12.6. The van der Waals surface area contributed by atoms with E-state index in [1.807, 2.05) is 0 Å². The van der Waals surface area contributed by atoms with E-state index in [9.17, 15) is 18.0 Å². The third kappa shape index (κ3) is 2.26. The number of rotatable bonds is 2. The lowest BCUT2D eigenvalue weighted by Gasteiger charge is -2.14. The number of halogens is 3. The molecule has 6 heteroatoms. The van der Waals surface area contributed by atoms with Gasteiger partial charge in [-0.05, 0) is 12.1 Å². The number of alkyl halides is 3. The van der Waals surface area contributed by atoms with Gasteiger partial charge in [0, 0.05) is 0 Å². The van der Waals surface area contributed by atoms with Crippen LogP contribution in [0.1, 0.15) is 15.9 Å². The van der Waals surface area contributed by atoms with Gasteiger partial charge in [-0.25, -0.2) is 4.79 Å². The minimum Gasteiger partial charge on any atom is -0.495 e. The summed E-state index contributed by atoms with van der Waals surface area (Å²) in [5, 5.41) is 0. The molecule has 0 unspecified atom stereocenters. The minimum atomic E-state index is -4.57. The van der Waals surface area contributed by atoms with E-state index in [4.69, 9.17) is 0 Å². The van der Waals surface area contributed by atoms with E-state index in [0.717, 1.165) is 26.4 Å². The van der Waals surface area contributed by atoms with Gasteiger partial charge in [-0.15, -0.1) is 0 Å². The second-order valence-corrected chi connectivity index (χ2v) is 2.88. The summed E-state index contributed by atoms with van der Waals surface area (Å²) in [6.45, 7) is 0. The molecular formula is C10H9F3O3. The Balaban J connectivity index is 3.38. The maximum atomic E-state index is 12.6. The SMILES string of the molecule is COC(=O)c1cccc(C(F)(F)F)c1OC. The molecule has 0 heterocycles. The van der Waals surface area contributed by atoms with Crippen LogP contribution in [0, 0.1) is 0 Å². The standard InChI is InChI=1S/C10H9F3O3/c1-15-8-6(9(14)16-2)4-3-5-7(8)10(11,12)13/h3-5H,1-2H3. The predicted molar refractivity (Wildman–Crippen MR) is 49.3 cm³/mol. The van der Waals surface area contributed by atoms with Crippen LogP contribution in [0.5, 0.6) is 5.75 Å². The molecule has 0 saturated heterocycles. The molecular weight excluding hydrogens is 225 g/mol. The number of esters is 1. The average Bonchev–Trinajstić information content (AvgIpc) is 2.25. The van der Waals surface area contributed by atoms with Gasteiger partial charge in [-0.1, -0.05) is 6.07 Å². The molecule has 1 rings (SSSR count). The zero-order valence-corrected chi connectivity index (χ0v) is 8.59. The third-order valence-electron chi connectivity index (χ3n) is 1.93. The highest BCUT2D eigenvalue weighted by atomic mass is 19.4. The Hall–Kier alpha value is -1.72. The zero-order chi connectivity index (χ0) is 12.3. The average molecular weight is 234 g/mol. The highest BCUT2D eigenvalue weighted by Gasteiger charge is 2.36. The summed E-state index contributed by atoms with van der Waals surface area (Å²) in [6.07, 6.45) is -4.57. The number of ether oxygens (including phenoxy) is 2. The number of para-hydroxylation sites is 1. The molecule has 0 aliphatic rings. The van der Waals surface area contributed by atoms with E-state index in [1.165, 1.54) is 6.07 Å². The van der Waals surface area contributed by atoms with Crippen molar-refractivity contribution >= 4 is 5.97 Å². The molecule has 0 aromatic heterocycles. The van der Waals surface area contributed by atoms with Crippen molar-refractivity contribution in [2.75, 3.05) is 14.2 Å². The van der Waals surface area contributed by atoms with Gasteiger partial charge in [-0.2, -0.15) is 13.2 Å². The number of carbonyl (C=O) groups excluding carboxylic acids is 1. The molecule has 0 saturated carbocycles. The molecule has 0 N–H and O–H groups in total. The van der Waals surface area contributed by atoms with Crippen molar-refractivity contribution < 1.29 is 27.4 Å². The second kappa shape index (κ2) is 4.42. The molecule has 0 fully saturated rings. The summed E-state index contributed by atoms with van der Waals surface area (Å²) in [5.41, 5.74) is -1.25. The predicted octanol–water partition coefficient (Wildman–Crippen LogP) is 2.50. The lowest BCUT2D eigenvalue weighted by Crippen LogP contribution is -2.12. The van der Waals surface area contributed by atoms with Crippen LogP contribution in [0.2, 0.25) is 0 Å². The van der Waals surface area contributed by atoms with Crippen LogP contribution in [0.15, 0.2) is 18.2 Å². The van der Waals surface area contributed by atoms with Crippen molar-refractivity contribution in [3.05, 3.63) is 29.3 Å². The fraction of sp³-hybridized carbons (Fsp3) is 0.300. The van der Waals surface area contributed by atoms with Crippen LogP contribution in [0.4, 0.5) is 13.2 Å². The Kier molecular flexibility index (Phi) is 3.41. The van der Waals surface area contributed by atoms with Gasteiger partial charge in [0.2, 0.25) is 0 Å². The lowest BCUT2D eigenvalue weighted by atomic mass is 10.1. The number of hydrogen-bond acceptors (Lipinski definition) is 3. The van der Waals surface area contributed by atoms with E-state index < -0.39 is 23.5 Å². The van der Waals surface area contributed by atoms with Gasteiger partial charge in [0.15, 0.2) is 0 Å². The van der Waals surface area contributed by atoms with Gasteiger partial charge in [0.1, 0.15) is 11.3 Å². The first kappa shape index (κ1) is 12.4. The van der Waals surface area contributed by atoms with E-state index >= 15 is 0 Å². The number of benzene rings is 1. The van der Waals surface area contributed by atoms with Crippen molar-refractivity contribution in [3.63, 3.8) is 0 Å². The second-order valence-electron chi connectivity index (χ2n) is 2.88. The van der Waals surface area contributed by atoms with Gasteiger partial charge < -0.3 is 9.47 Å². The number of methoxy groups -OCH3 is 2. The van der Waals surface area contributed by atoms with Crippen LogP contribution >= 0.6 is 0 Å². The van der Waals surface area contributed by atoms with Crippen LogP contribution in [-0.2, 0) is 10.9 Å². The van der Waals surface area contributed by atoms with Crippen LogP contribution < -0.4 is 4.74 Å². The van der Waals surface area contributed by atoms with Crippen LogP contribution in [-0.4, -0.2) is 20.2 Å². The smallest absolute Gasteiger partial charge is 0.419 e. The molecule has 3 nitrogen and oxygen atoms in total. The van der Waals surface area contributed by atoms with E-state index in [-0.39, 0.29) is 5.56 Å². The molecule has 16 heavy (non-hydrogen) atoms. The Morgan fingerprint density at radius 3 is 2.31 bits per heavy atom. The molecule has 0 atom stereocenters. The Labute approximate surface area is 89.8 Å². The molecule has 0 radical (unpaired) electrons. The summed E-state index contributed by atoms with van der Waals surface area (Å²) in [7, 11) is 2.15. The number of carbonyl (C=O) groups is 1. The first-order valence-corrected chi connectivity index (χ1v) is 4.24. The third-order valence-corrected chi connectivity index (χ3v) is 1.93. The minimum absolute atomic E-state index is 0.250. The van der Waals surface area contributed by atoms with Crippen LogP contribution in [0.25, 0.3) is 0 Å². The molecule has 1 aromatic rings. The molecule has 1 aromatic carbocycles. The largest absolute Gasteiger partial charge is 0.495 e. The van der Waals surface area contributed by atoms with Crippen molar-refractivity contribution in [3.8, 4) is 5.75 Å². The number of hydrogen-bond donors (Lipinski definition) is 0.